The summed E-state index contributed by atoms with van der Waals surface area (Å²) in [6.07, 6.45) is 0. The molecule has 3 rings (SSSR count). The smallest absolute Gasteiger partial charge is 0.259 e. The van der Waals surface area contributed by atoms with Gasteiger partial charge in [0.25, 0.3) is 5.91 Å². The first kappa shape index (κ1) is 15.3. The van der Waals surface area contributed by atoms with E-state index in [0.717, 1.165) is 21.3 Å². The standard InChI is InChI=1S/C16H12Cl2N2OS/c1-8-5-9(2)14-13(6-8)19-16(22-14)20-15(21)11-7-10(17)3-4-12(11)18/h3-7H,1-2H3,(H,19,20,21). The van der Waals surface area contributed by atoms with E-state index >= 15 is 0 Å². The minimum atomic E-state index is -0.319. The van der Waals surface area contributed by atoms with Gasteiger partial charge in [-0.05, 0) is 49.2 Å². The van der Waals surface area contributed by atoms with Gasteiger partial charge in [0, 0.05) is 5.02 Å². The number of nitrogens with zero attached hydrogens (tertiary/aromatic N) is 1. The van der Waals surface area contributed by atoms with E-state index < -0.39 is 0 Å². The molecule has 22 heavy (non-hydrogen) atoms. The Kier molecular flexibility index (Phi) is 4.08. The van der Waals surface area contributed by atoms with Crippen molar-refractivity contribution in [3.05, 3.63) is 57.1 Å². The van der Waals surface area contributed by atoms with Crippen molar-refractivity contribution in [1.29, 1.82) is 0 Å². The Morgan fingerprint density at radius 2 is 1.95 bits per heavy atom. The van der Waals surface area contributed by atoms with Gasteiger partial charge in [-0.3, -0.25) is 10.1 Å². The monoisotopic (exact) mass is 350 g/mol. The molecule has 0 radical (unpaired) electrons. The minimum absolute atomic E-state index is 0.319. The summed E-state index contributed by atoms with van der Waals surface area (Å²) in [7, 11) is 0. The Hall–Kier alpha value is -1.62. The Morgan fingerprint density at radius 3 is 2.73 bits per heavy atom. The van der Waals surface area contributed by atoms with E-state index in [1.54, 1.807) is 18.2 Å². The number of hydrogen-bond donors (Lipinski definition) is 1. The van der Waals surface area contributed by atoms with Crippen molar-refractivity contribution in [2.24, 2.45) is 0 Å². The lowest BCUT2D eigenvalue weighted by Gasteiger charge is -2.04. The van der Waals surface area contributed by atoms with Gasteiger partial charge in [0.05, 0.1) is 20.8 Å². The molecular weight excluding hydrogens is 339 g/mol. The van der Waals surface area contributed by atoms with E-state index in [0.29, 0.717) is 20.7 Å². The number of hydrogen-bond acceptors (Lipinski definition) is 3. The fourth-order valence-corrected chi connectivity index (χ4v) is 3.55. The maximum atomic E-state index is 12.3. The van der Waals surface area contributed by atoms with Crippen molar-refractivity contribution in [1.82, 2.24) is 4.98 Å². The molecule has 0 saturated carbocycles. The van der Waals surface area contributed by atoms with E-state index in [9.17, 15) is 4.79 Å². The molecule has 1 amide bonds. The highest BCUT2D eigenvalue weighted by Gasteiger charge is 2.14. The van der Waals surface area contributed by atoms with Crippen LogP contribution in [-0.4, -0.2) is 10.9 Å². The molecule has 3 nitrogen and oxygen atoms in total. The number of benzene rings is 2. The van der Waals surface area contributed by atoms with E-state index in [1.807, 2.05) is 19.9 Å². The summed E-state index contributed by atoms with van der Waals surface area (Å²) >= 11 is 13.4. The summed E-state index contributed by atoms with van der Waals surface area (Å²) in [4.78, 5) is 16.8. The Balaban J connectivity index is 1.94. The number of aryl methyl sites for hydroxylation is 2. The van der Waals surface area contributed by atoms with Crippen molar-refractivity contribution in [2.45, 2.75) is 13.8 Å². The van der Waals surface area contributed by atoms with Crippen molar-refractivity contribution < 1.29 is 4.79 Å². The number of aromatic nitrogens is 1. The second-order valence-electron chi connectivity index (χ2n) is 5.03. The first-order valence-electron chi connectivity index (χ1n) is 6.58. The van der Waals surface area contributed by atoms with Gasteiger partial charge >= 0.3 is 0 Å². The Labute approximate surface area is 141 Å². The van der Waals surface area contributed by atoms with E-state index in [-0.39, 0.29) is 5.91 Å². The molecule has 0 bridgehead atoms. The molecule has 112 valence electrons. The third-order valence-corrected chi connectivity index (χ3v) is 4.90. The van der Waals surface area contributed by atoms with Crippen molar-refractivity contribution in [3.63, 3.8) is 0 Å². The van der Waals surface area contributed by atoms with Crippen LogP contribution in [0.5, 0.6) is 0 Å². The second kappa shape index (κ2) is 5.88. The number of carbonyl (C=O) groups excluding carboxylic acids is 1. The van der Waals surface area contributed by atoms with Crippen LogP contribution < -0.4 is 5.32 Å². The first-order valence-corrected chi connectivity index (χ1v) is 8.15. The maximum absolute atomic E-state index is 12.3. The molecule has 0 saturated heterocycles. The highest BCUT2D eigenvalue weighted by atomic mass is 35.5. The lowest BCUT2D eigenvalue weighted by molar-refractivity contribution is 0.102. The van der Waals surface area contributed by atoms with Gasteiger partial charge in [0.15, 0.2) is 5.13 Å². The first-order chi connectivity index (χ1) is 10.4. The van der Waals surface area contributed by atoms with E-state index in [2.05, 4.69) is 16.4 Å². The molecule has 0 unspecified atom stereocenters. The fraction of sp³-hybridized carbons (Fsp3) is 0.125. The summed E-state index contributed by atoms with van der Waals surface area (Å²) in [6, 6.07) is 8.89. The van der Waals surface area contributed by atoms with Gasteiger partial charge < -0.3 is 0 Å². The summed E-state index contributed by atoms with van der Waals surface area (Å²) in [5.74, 6) is -0.319. The number of carbonyl (C=O) groups is 1. The number of rotatable bonds is 2. The van der Waals surface area contributed by atoms with E-state index in [1.165, 1.54) is 11.3 Å². The predicted molar refractivity (Wildman–Crippen MR) is 93.5 cm³/mol. The van der Waals surface area contributed by atoms with Crippen LogP contribution in [0.1, 0.15) is 21.5 Å². The zero-order valence-corrected chi connectivity index (χ0v) is 14.2. The number of halogens is 2. The topological polar surface area (TPSA) is 42.0 Å². The molecule has 0 spiro atoms. The second-order valence-corrected chi connectivity index (χ2v) is 6.87. The largest absolute Gasteiger partial charge is 0.298 e. The molecule has 2 aromatic carbocycles. The third kappa shape index (κ3) is 2.95. The molecule has 0 aliphatic rings. The maximum Gasteiger partial charge on any atom is 0.259 e. The summed E-state index contributed by atoms with van der Waals surface area (Å²) in [5.41, 5.74) is 3.51. The van der Waals surface area contributed by atoms with E-state index in [4.69, 9.17) is 23.2 Å². The number of thiazole rings is 1. The lowest BCUT2D eigenvalue weighted by atomic mass is 10.1. The van der Waals surface area contributed by atoms with Gasteiger partial charge in [0.2, 0.25) is 0 Å². The van der Waals surface area contributed by atoms with Crippen LogP contribution in [0, 0.1) is 13.8 Å². The van der Waals surface area contributed by atoms with Gasteiger partial charge in [-0.2, -0.15) is 0 Å². The SMILES string of the molecule is Cc1cc(C)c2sc(NC(=O)c3cc(Cl)ccc3Cl)nc2c1. The summed E-state index contributed by atoms with van der Waals surface area (Å²) < 4.78 is 1.07. The molecule has 3 aromatic rings. The number of amides is 1. The zero-order chi connectivity index (χ0) is 15.9. The van der Waals surface area contributed by atoms with Crippen LogP contribution in [0.25, 0.3) is 10.2 Å². The van der Waals surface area contributed by atoms with Crippen molar-refractivity contribution in [2.75, 3.05) is 5.32 Å². The van der Waals surface area contributed by atoms with Crippen LogP contribution in [0.2, 0.25) is 10.0 Å². The Bertz CT molecular complexity index is 889. The quantitative estimate of drug-likeness (QED) is 0.665. The number of nitrogens with one attached hydrogen (secondary N) is 1. The van der Waals surface area contributed by atoms with Crippen LogP contribution in [-0.2, 0) is 0 Å². The Morgan fingerprint density at radius 1 is 1.18 bits per heavy atom. The van der Waals surface area contributed by atoms with Crippen LogP contribution >= 0.6 is 34.5 Å². The third-order valence-electron chi connectivity index (χ3n) is 3.21. The molecular formula is C16H12Cl2N2OS. The van der Waals surface area contributed by atoms with Gasteiger partial charge in [-0.15, -0.1) is 0 Å². The lowest BCUT2D eigenvalue weighted by Crippen LogP contribution is -2.12. The summed E-state index contributed by atoms with van der Waals surface area (Å²) in [5, 5.41) is 4.15. The van der Waals surface area contributed by atoms with Crippen molar-refractivity contribution in [3.8, 4) is 0 Å². The molecule has 0 aliphatic heterocycles. The fourth-order valence-electron chi connectivity index (χ4n) is 2.27. The predicted octanol–water partition coefficient (Wildman–Crippen LogP) is 5.47. The van der Waals surface area contributed by atoms with Crippen LogP contribution in [0.4, 0.5) is 5.13 Å². The highest BCUT2D eigenvalue weighted by Crippen LogP contribution is 2.30. The minimum Gasteiger partial charge on any atom is -0.298 e. The highest BCUT2D eigenvalue weighted by molar-refractivity contribution is 7.22. The normalized spacial score (nSPS) is 10.9. The van der Waals surface area contributed by atoms with Crippen molar-refractivity contribution >= 4 is 55.8 Å². The molecule has 1 N–H and O–H groups in total. The average Bonchev–Trinajstić information content (AvgIpc) is 2.84. The van der Waals surface area contributed by atoms with Gasteiger partial charge in [-0.1, -0.05) is 40.6 Å². The van der Waals surface area contributed by atoms with Crippen LogP contribution in [0.3, 0.4) is 0 Å². The van der Waals surface area contributed by atoms with Crippen LogP contribution in [0.15, 0.2) is 30.3 Å². The summed E-state index contributed by atoms with van der Waals surface area (Å²) in [6.45, 7) is 4.06. The molecule has 0 atom stereocenters. The zero-order valence-electron chi connectivity index (χ0n) is 11.9. The number of fused-ring (bicyclic) bond motifs is 1. The molecule has 0 aliphatic carbocycles. The number of anilines is 1. The van der Waals surface area contributed by atoms with Gasteiger partial charge in [-0.25, -0.2) is 4.98 Å². The van der Waals surface area contributed by atoms with Gasteiger partial charge in [0.1, 0.15) is 0 Å². The average molecular weight is 351 g/mol. The molecule has 6 heteroatoms. The molecule has 0 fully saturated rings. The molecule has 1 heterocycles. The molecule has 1 aromatic heterocycles.